The second-order valence-corrected chi connectivity index (χ2v) is 6.92. The van der Waals surface area contributed by atoms with E-state index >= 15 is 0 Å². The molecule has 7 nitrogen and oxygen atoms in total. The lowest BCUT2D eigenvalue weighted by Crippen LogP contribution is -2.41. The summed E-state index contributed by atoms with van der Waals surface area (Å²) in [6, 6.07) is 0. The van der Waals surface area contributed by atoms with E-state index < -0.39 is 6.09 Å². The zero-order valence-corrected chi connectivity index (χ0v) is 14.3. The first-order valence-electron chi connectivity index (χ1n) is 8.06. The maximum Gasteiger partial charge on any atom is 0.498 e. The maximum atomic E-state index is 10.3. The molecule has 8 heteroatoms. The monoisotopic (exact) mass is 323 g/mol. The normalized spacial score (nSPS) is 19.0. The molecule has 1 amide bonds. The molecule has 1 aromatic rings. The molecular weight excluding hydrogens is 297 g/mol. The van der Waals surface area contributed by atoms with Gasteiger partial charge in [-0.05, 0) is 47.0 Å². The third kappa shape index (κ3) is 4.48. The topological polar surface area (TPSA) is 85.6 Å². The van der Waals surface area contributed by atoms with Crippen LogP contribution in [0.2, 0.25) is 0 Å². The molecule has 0 radical (unpaired) electrons. The minimum absolute atomic E-state index is 0.350. The molecule has 1 aliphatic rings. The largest absolute Gasteiger partial charge is 0.498 e. The van der Waals surface area contributed by atoms with Gasteiger partial charge >= 0.3 is 13.2 Å². The Hall–Kier alpha value is -1.54. The van der Waals surface area contributed by atoms with Crippen LogP contribution in [0.3, 0.4) is 0 Å². The van der Waals surface area contributed by atoms with Gasteiger partial charge in [-0.3, -0.25) is 4.68 Å². The van der Waals surface area contributed by atoms with E-state index in [-0.39, 0.29) is 18.3 Å². The molecule has 2 heterocycles. The molecule has 128 valence electrons. The highest BCUT2D eigenvalue weighted by atomic mass is 16.7. The van der Waals surface area contributed by atoms with Gasteiger partial charge in [-0.25, -0.2) is 4.79 Å². The molecule has 1 saturated heterocycles. The second kappa shape index (κ2) is 6.92. The Morgan fingerprint density at radius 3 is 2.52 bits per heavy atom. The molecule has 23 heavy (non-hydrogen) atoms. The zero-order chi connectivity index (χ0) is 17.1. The number of nitrogens with zero attached hydrogens (tertiary/aromatic N) is 2. The van der Waals surface area contributed by atoms with Crippen molar-refractivity contribution >= 4 is 18.7 Å². The molecular formula is C15H26BN3O4. The fourth-order valence-electron chi connectivity index (χ4n) is 2.37. The van der Waals surface area contributed by atoms with E-state index in [1.54, 1.807) is 6.20 Å². The highest BCUT2D eigenvalue weighted by molar-refractivity contribution is 6.61. The molecule has 0 bridgehead atoms. The Bertz CT molecular complexity index is 529. The van der Waals surface area contributed by atoms with Gasteiger partial charge in [0.15, 0.2) is 0 Å². The van der Waals surface area contributed by atoms with Crippen molar-refractivity contribution in [3.8, 4) is 0 Å². The van der Waals surface area contributed by atoms with E-state index in [1.165, 1.54) is 0 Å². The minimum atomic E-state index is -0.968. The smallest absolute Gasteiger partial charge is 0.465 e. The number of carboxylic acid groups (broad SMARTS) is 1. The Labute approximate surface area is 137 Å². The van der Waals surface area contributed by atoms with E-state index in [2.05, 4.69) is 10.4 Å². The number of unbranched alkanes of at least 4 members (excludes halogenated alkanes) is 2. The van der Waals surface area contributed by atoms with Crippen molar-refractivity contribution in [1.82, 2.24) is 15.1 Å². The van der Waals surface area contributed by atoms with E-state index in [1.807, 2.05) is 38.6 Å². The number of nitrogens with one attached hydrogen (secondary N) is 1. The van der Waals surface area contributed by atoms with E-state index in [4.69, 9.17) is 14.4 Å². The third-order valence-corrected chi connectivity index (χ3v) is 4.52. The molecule has 0 spiro atoms. The Morgan fingerprint density at radius 2 is 1.91 bits per heavy atom. The summed E-state index contributed by atoms with van der Waals surface area (Å²) in [5.41, 5.74) is 0.226. The van der Waals surface area contributed by atoms with Crippen molar-refractivity contribution in [2.45, 2.75) is 64.7 Å². The lowest BCUT2D eigenvalue weighted by atomic mass is 9.82. The molecule has 1 fully saturated rings. The molecule has 2 N–H and O–H groups in total. The van der Waals surface area contributed by atoms with Crippen molar-refractivity contribution in [2.75, 3.05) is 6.54 Å². The average Bonchev–Trinajstić information content (AvgIpc) is 2.97. The first-order chi connectivity index (χ1) is 10.7. The van der Waals surface area contributed by atoms with E-state index in [0.717, 1.165) is 31.3 Å². The summed E-state index contributed by atoms with van der Waals surface area (Å²) in [4.78, 5) is 10.3. The van der Waals surface area contributed by atoms with Crippen LogP contribution in [0.25, 0.3) is 0 Å². The number of rotatable bonds is 7. The van der Waals surface area contributed by atoms with Crippen LogP contribution in [0.1, 0.15) is 47.0 Å². The number of hydrogen-bond donors (Lipinski definition) is 2. The maximum absolute atomic E-state index is 10.3. The van der Waals surface area contributed by atoms with Gasteiger partial charge in [-0.2, -0.15) is 5.10 Å². The average molecular weight is 323 g/mol. The van der Waals surface area contributed by atoms with Crippen molar-refractivity contribution < 1.29 is 19.2 Å². The van der Waals surface area contributed by atoms with Crippen LogP contribution in [-0.4, -0.2) is 45.8 Å². The van der Waals surface area contributed by atoms with Gasteiger partial charge in [0.25, 0.3) is 0 Å². The lowest BCUT2D eigenvalue weighted by Gasteiger charge is -2.32. The van der Waals surface area contributed by atoms with Crippen molar-refractivity contribution in [2.24, 2.45) is 0 Å². The molecule has 1 aromatic heterocycles. The minimum Gasteiger partial charge on any atom is -0.465 e. The molecule has 1 aliphatic heterocycles. The van der Waals surface area contributed by atoms with Crippen LogP contribution in [-0.2, 0) is 15.9 Å². The summed E-state index contributed by atoms with van der Waals surface area (Å²) in [6.45, 7) is 9.41. The van der Waals surface area contributed by atoms with Crippen LogP contribution in [0.15, 0.2) is 12.4 Å². The van der Waals surface area contributed by atoms with Crippen LogP contribution in [0.5, 0.6) is 0 Å². The summed E-state index contributed by atoms with van der Waals surface area (Å²) in [6.07, 6.45) is 5.50. The van der Waals surface area contributed by atoms with Gasteiger partial charge in [0.1, 0.15) is 0 Å². The highest BCUT2D eigenvalue weighted by Gasteiger charge is 2.52. The van der Waals surface area contributed by atoms with Gasteiger partial charge < -0.3 is 19.7 Å². The Morgan fingerprint density at radius 1 is 1.26 bits per heavy atom. The first kappa shape index (κ1) is 17.8. The summed E-state index contributed by atoms with van der Waals surface area (Å²) < 4.78 is 13.9. The summed E-state index contributed by atoms with van der Waals surface area (Å²) in [5.74, 6) is 0. The SMILES string of the molecule is CC1(C)OB(c2cnn(CCCCCNC(=O)O)c2)OC1(C)C. The van der Waals surface area contributed by atoms with Crippen LogP contribution in [0.4, 0.5) is 4.79 Å². The van der Waals surface area contributed by atoms with Crippen molar-refractivity contribution in [1.29, 1.82) is 0 Å². The van der Waals surface area contributed by atoms with Crippen molar-refractivity contribution in [3.63, 3.8) is 0 Å². The molecule has 0 atom stereocenters. The number of carbonyl (C=O) groups is 1. The number of hydrogen-bond acceptors (Lipinski definition) is 4. The van der Waals surface area contributed by atoms with Gasteiger partial charge in [-0.1, -0.05) is 0 Å². The van der Waals surface area contributed by atoms with Crippen LogP contribution < -0.4 is 10.8 Å². The first-order valence-corrected chi connectivity index (χ1v) is 8.06. The predicted molar refractivity (Wildman–Crippen MR) is 87.8 cm³/mol. The standard InChI is InChI=1S/C15H26BN3O4/c1-14(2)15(3,4)23-16(22-14)12-10-18-19(11-12)9-7-5-6-8-17-13(20)21/h10-11,17H,5-9H2,1-4H3,(H,20,21). The lowest BCUT2D eigenvalue weighted by molar-refractivity contribution is 0.00578. The fraction of sp³-hybridized carbons (Fsp3) is 0.733. The summed E-state index contributed by atoms with van der Waals surface area (Å²) >= 11 is 0. The molecule has 2 rings (SSSR count). The molecule has 0 aromatic carbocycles. The summed E-state index contributed by atoms with van der Waals surface area (Å²) in [7, 11) is -0.381. The van der Waals surface area contributed by atoms with E-state index in [9.17, 15) is 4.79 Å². The summed E-state index contributed by atoms with van der Waals surface area (Å²) in [5, 5.41) is 15.2. The molecule has 0 aliphatic carbocycles. The second-order valence-electron chi connectivity index (χ2n) is 6.92. The highest BCUT2D eigenvalue weighted by Crippen LogP contribution is 2.36. The molecule has 0 unspecified atom stereocenters. The quantitative estimate of drug-likeness (QED) is 0.588. The van der Waals surface area contributed by atoms with Crippen molar-refractivity contribution in [3.05, 3.63) is 12.4 Å². The Kier molecular flexibility index (Phi) is 5.36. The zero-order valence-electron chi connectivity index (χ0n) is 14.3. The Balaban J connectivity index is 1.77. The fourth-order valence-corrected chi connectivity index (χ4v) is 2.37. The third-order valence-electron chi connectivity index (χ3n) is 4.52. The molecule has 0 saturated carbocycles. The van der Waals surface area contributed by atoms with Gasteiger partial charge in [0.2, 0.25) is 0 Å². The number of amides is 1. The number of aromatic nitrogens is 2. The number of aryl methyl sites for hydroxylation is 1. The van der Waals surface area contributed by atoms with Gasteiger partial charge in [-0.15, -0.1) is 0 Å². The van der Waals surface area contributed by atoms with Crippen LogP contribution >= 0.6 is 0 Å². The predicted octanol–water partition coefficient (Wildman–Crippen LogP) is 1.62. The van der Waals surface area contributed by atoms with Gasteiger partial charge in [0, 0.05) is 30.9 Å². The van der Waals surface area contributed by atoms with Crippen LogP contribution in [0, 0.1) is 0 Å². The van der Waals surface area contributed by atoms with E-state index in [0.29, 0.717) is 6.54 Å². The van der Waals surface area contributed by atoms with Gasteiger partial charge in [0.05, 0.1) is 11.2 Å².